The molecule has 2 saturated carbocycles. The van der Waals surface area contributed by atoms with E-state index in [2.05, 4.69) is 26.3 Å². The van der Waals surface area contributed by atoms with Gasteiger partial charge in [0.1, 0.15) is 23.8 Å². The van der Waals surface area contributed by atoms with Gasteiger partial charge in [0.05, 0.1) is 6.04 Å². The molecule has 1 unspecified atom stereocenters. The van der Waals surface area contributed by atoms with E-state index in [-0.39, 0.29) is 29.5 Å². The lowest BCUT2D eigenvalue weighted by atomic mass is 9.82. The maximum atomic E-state index is 14.5. The van der Waals surface area contributed by atoms with E-state index in [1.54, 1.807) is 18.2 Å². The van der Waals surface area contributed by atoms with Crippen molar-refractivity contribution in [3.05, 3.63) is 30.1 Å². The van der Waals surface area contributed by atoms with Crippen LogP contribution in [0.3, 0.4) is 0 Å². The zero-order valence-corrected chi connectivity index (χ0v) is 30.1. The Morgan fingerprint density at radius 2 is 1.61 bits per heavy atom. The minimum Gasteiger partial charge on any atom is -0.347 e. The first-order valence-electron chi connectivity index (χ1n) is 18.2. The van der Waals surface area contributed by atoms with Crippen molar-refractivity contribution in [3.63, 3.8) is 0 Å². The number of hydrogen-bond acceptors (Lipinski definition) is 7. The van der Waals surface area contributed by atoms with Crippen molar-refractivity contribution in [2.75, 3.05) is 6.54 Å². The second-order valence-corrected chi connectivity index (χ2v) is 15.5. The summed E-state index contributed by atoms with van der Waals surface area (Å²) < 4.78 is 0. The van der Waals surface area contributed by atoms with Crippen molar-refractivity contribution in [2.24, 2.45) is 23.2 Å². The summed E-state index contributed by atoms with van der Waals surface area (Å²) in [4.78, 5) is 87.4. The molecule has 1 aromatic rings. The quantitative estimate of drug-likeness (QED) is 0.219. The van der Waals surface area contributed by atoms with Gasteiger partial charge in [0.2, 0.25) is 23.5 Å². The van der Waals surface area contributed by atoms with E-state index in [0.29, 0.717) is 25.8 Å². The fourth-order valence-electron chi connectivity index (χ4n) is 7.18. The number of nitrogens with one attached hydrogen (secondary N) is 4. The first-order valence-corrected chi connectivity index (χ1v) is 18.2. The van der Waals surface area contributed by atoms with Crippen LogP contribution in [0.5, 0.6) is 0 Å². The maximum Gasteiger partial charge on any atom is 0.289 e. The first-order chi connectivity index (χ1) is 23.2. The van der Waals surface area contributed by atoms with Crippen LogP contribution in [0, 0.1) is 23.2 Å². The Balaban J connectivity index is 1.56. The van der Waals surface area contributed by atoms with E-state index in [1.165, 1.54) is 11.1 Å². The second-order valence-electron chi connectivity index (χ2n) is 15.5. The zero-order valence-electron chi connectivity index (χ0n) is 30.1. The monoisotopic (exact) mass is 680 g/mol. The lowest BCUT2D eigenvalue weighted by Gasteiger charge is -2.38. The highest BCUT2D eigenvalue weighted by Gasteiger charge is 2.48. The molecule has 49 heavy (non-hydrogen) atoms. The van der Waals surface area contributed by atoms with Crippen LogP contribution in [0.25, 0.3) is 0 Å². The number of aromatic nitrogens is 1. The second kappa shape index (κ2) is 16.7. The lowest BCUT2D eigenvalue weighted by molar-refractivity contribution is -0.146. The molecule has 270 valence electrons. The number of ketones is 1. The Hall–Kier alpha value is -3.83. The number of nitrogens with zero attached hydrogens (tertiary/aromatic N) is 2. The van der Waals surface area contributed by atoms with Gasteiger partial charge in [-0.1, -0.05) is 73.3 Å². The summed E-state index contributed by atoms with van der Waals surface area (Å²) in [6, 6.07) is 1.27. The predicted molar refractivity (Wildman–Crippen MR) is 185 cm³/mol. The number of carbonyl (C=O) groups excluding carboxylic acids is 6. The summed E-state index contributed by atoms with van der Waals surface area (Å²) in [5.74, 6) is -3.39. The predicted octanol–water partition coefficient (Wildman–Crippen LogP) is 3.30. The highest BCUT2D eigenvalue weighted by Crippen LogP contribution is 2.34. The van der Waals surface area contributed by atoms with Gasteiger partial charge < -0.3 is 26.2 Å². The normalized spacial score (nSPS) is 21.7. The maximum absolute atomic E-state index is 14.5. The van der Waals surface area contributed by atoms with Crippen molar-refractivity contribution in [3.8, 4) is 0 Å². The molecule has 1 aromatic heterocycles. The van der Waals surface area contributed by atoms with Crippen LogP contribution in [-0.2, 0) is 24.0 Å². The molecule has 0 aromatic carbocycles. The van der Waals surface area contributed by atoms with Crippen molar-refractivity contribution < 1.29 is 28.8 Å². The number of carbonyl (C=O) groups is 6. The summed E-state index contributed by atoms with van der Waals surface area (Å²) in [7, 11) is 0. The van der Waals surface area contributed by atoms with Gasteiger partial charge in [0.25, 0.3) is 11.8 Å². The average molecular weight is 681 g/mol. The average Bonchev–Trinajstić information content (AvgIpc) is 3.77. The summed E-state index contributed by atoms with van der Waals surface area (Å²) in [6.07, 6.45) is 9.14. The van der Waals surface area contributed by atoms with Crippen molar-refractivity contribution >= 4 is 35.3 Å². The Kier molecular flexibility index (Phi) is 13.0. The van der Waals surface area contributed by atoms with Gasteiger partial charge in [-0.2, -0.15) is 0 Å². The largest absolute Gasteiger partial charge is 0.347 e. The van der Waals surface area contributed by atoms with Crippen molar-refractivity contribution in [1.29, 1.82) is 0 Å². The number of pyridine rings is 1. The van der Waals surface area contributed by atoms with Gasteiger partial charge >= 0.3 is 0 Å². The van der Waals surface area contributed by atoms with E-state index < -0.39 is 64.9 Å². The van der Waals surface area contributed by atoms with Gasteiger partial charge in [-0.25, -0.2) is 0 Å². The Bertz CT molecular complexity index is 1350. The number of hydrogen-bond donors (Lipinski definition) is 4. The van der Waals surface area contributed by atoms with Gasteiger partial charge in [0.15, 0.2) is 0 Å². The molecule has 1 saturated heterocycles. The third-order valence-corrected chi connectivity index (χ3v) is 10.2. The minimum absolute atomic E-state index is 0.00766. The topological polar surface area (TPSA) is 167 Å². The Morgan fingerprint density at radius 3 is 2.18 bits per heavy atom. The number of rotatable bonds is 14. The molecule has 0 spiro atoms. The lowest BCUT2D eigenvalue weighted by Crippen LogP contribution is -2.62. The number of likely N-dealkylation sites (tertiary alicyclic amines) is 1. The molecule has 4 rings (SSSR count). The molecule has 2 aliphatic carbocycles. The standard InChI is InChI=1S/C37H56N6O6/c1-7-13-26(30(44)35(48)39-24-17-18-24)40-34(47)29-25(22(2)3)19-21-43(29)36(49)31(37(4,5)6)42-33(46)28(23-14-9-8-10-15-23)41-32(45)27-16-11-12-20-38-27/h11-12,16,20,22-26,28-29,31H,7-10,13-15,17-19,21H2,1-6H3,(H,39,48)(H,40,47)(H,41,45)(H,42,46)/t25?,26-,28-,29-,31+/m0/s1. The third-order valence-electron chi connectivity index (χ3n) is 10.2. The molecular formula is C37H56N6O6. The molecule has 1 aliphatic heterocycles. The summed E-state index contributed by atoms with van der Waals surface area (Å²) in [5.41, 5.74) is -0.539. The zero-order chi connectivity index (χ0) is 35.9. The molecule has 12 nitrogen and oxygen atoms in total. The van der Waals surface area contributed by atoms with E-state index in [0.717, 1.165) is 44.9 Å². The Morgan fingerprint density at radius 1 is 0.918 bits per heavy atom. The van der Waals surface area contributed by atoms with Crippen LogP contribution < -0.4 is 21.3 Å². The van der Waals surface area contributed by atoms with Gasteiger partial charge in [-0.15, -0.1) is 0 Å². The van der Waals surface area contributed by atoms with Crippen LogP contribution in [0.15, 0.2) is 24.4 Å². The van der Waals surface area contributed by atoms with Crippen LogP contribution in [0.1, 0.15) is 116 Å². The van der Waals surface area contributed by atoms with Crippen LogP contribution >= 0.6 is 0 Å². The fourth-order valence-corrected chi connectivity index (χ4v) is 7.18. The van der Waals surface area contributed by atoms with E-state index >= 15 is 0 Å². The van der Waals surface area contributed by atoms with Crippen molar-refractivity contribution in [1.82, 2.24) is 31.2 Å². The number of amides is 5. The molecule has 4 N–H and O–H groups in total. The van der Waals surface area contributed by atoms with E-state index in [4.69, 9.17) is 0 Å². The van der Waals surface area contributed by atoms with E-state index in [1.807, 2.05) is 41.5 Å². The molecule has 5 atom stereocenters. The minimum atomic E-state index is -1.00. The van der Waals surface area contributed by atoms with Crippen LogP contribution in [0.4, 0.5) is 0 Å². The van der Waals surface area contributed by atoms with Crippen molar-refractivity contribution in [2.45, 2.75) is 136 Å². The van der Waals surface area contributed by atoms with E-state index in [9.17, 15) is 28.8 Å². The van der Waals surface area contributed by atoms with Gasteiger partial charge in [-0.3, -0.25) is 33.8 Å². The summed E-state index contributed by atoms with van der Waals surface area (Å²) in [5, 5.41) is 11.5. The summed E-state index contributed by atoms with van der Waals surface area (Å²) >= 11 is 0. The Labute approximate surface area is 290 Å². The highest BCUT2D eigenvalue weighted by atomic mass is 16.2. The number of Topliss-reactive ketones (excluding diaryl/α,β-unsaturated/α-hetero) is 1. The first kappa shape index (κ1) is 38.0. The molecule has 3 aliphatic rings. The van der Waals surface area contributed by atoms with Crippen LogP contribution in [0.2, 0.25) is 0 Å². The molecule has 3 fully saturated rings. The molecular weight excluding hydrogens is 624 g/mol. The molecule has 5 amide bonds. The molecule has 12 heteroatoms. The van der Waals surface area contributed by atoms with Gasteiger partial charge in [-0.05, 0) is 73.8 Å². The SMILES string of the molecule is CCC[C@H](NC(=O)[C@@H]1C(C(C)C)CCN1C(=O)[C@@H](NC(=O)[C@@H](NC(=O)c1ccccn1)C1CCCCC1)C(C)(C)C)C(=O)C(=O)NC1CC1. The van der Waals surface area contributed by atoms with Gasteiger partial charge in [0, 0.05) is 18.8 Å². The fraction of sp³-hybridized carbons (Fsp3) is 0.703. The molecule has 2 heterocycles. The highest BCUT2D eigenvalue weighted by molar-refractivity contribution is 6.38. The molecule has 0 radical (unpaired) electrons. The summed E-state index contributed by atoms with van der Waals surface area (Å²) in [6.45, 7) is 11.8. The smallest absolute Gasteiger partial charge is 0.289 e. The third kappa shape index (κ3) is 9.88. The van der Waals surface area contributed by atoms with Crippen LogP contribution in [-0.4, -0.2) is 82.0 Å². The molecule has 0 bridgehead atoms.